The van der Waals surface area contributed by atoms with Gasteiger partial charge in [-0.2, -0.15) is 0 Å². The molecule has 106 valence electrons. The molecule has 1 saturated heterocycles. The average Bonchev–Trinajstić information content (AvgIpc) is 2.74. The number of likely N-dealkylation sites (tertiary alicyclic amines) is 1. The average molecular weight is 252 g/mol. The summed E-state index contributed by atoms with van der Waals surface area (Å²) in [5, 5.41) is 3.64. The van der Waals surface area contributed by atoms with E-state index in [0.29, 0.717) is 0 Å². The van der Waals surface area contributed by atoms with Crippen molar-refractivity contribution >= 4 is 0 Å². The lowest BCUT2D eigenvalue weighted by Crippen LogP contribution is -2.47. The number of rotatable bonds is 4. The highest BCUT2D eigenvalue weighted by Gasteiger charge is 2.35. The molecule has 1 N–H and O–H groups in total. The fraction of sp³-hybridized carbons (Fsp3) is 1.00. The zero-order valence-electron chi connectivity index (χ0n) is 12.8. The Bertz CT molecular complexity index is 256. The standard InChI is InChI=1S/C16H32N2/c1-13(11-17-16(2,3)4)12-18-10-6-8-14-7-5-9-15(14)18/h13-15,17H,5-12H2,1-4H3. The van der Waals surface area contributed by atoms with Gasteiger partial charge in [0, 0.05) is 18.1 Å². The van der Waals surface area contributed by atoms with Gasteiger partial charge < -0.3 is 5.32 Å². The number of hydrogen-bond donors (Lipinski definition) is 1. The van der Waals surface area contributed by atoms with E-state index in [4.69, 9.17) is 0 Å². The Morgan fingerprint density at radius 3 is 2.61 bits per heavy atom. The molecule has 0 bridgehead atoms. The van der Waals surface area contributed by atoms with Gasteiger partial charge in [-0.15, -0.1) is 0 Å². The maximum absolute atomic E-state index is 3.64. The van der Waals surface area contributed by atoms with E-state index < -0.39 is 0 Å². The van der Waals surface area contributed by atoms with Gasteiger partial charge in [0.25, 0.3) is 0 Å². The Balaban J connectivity index is 1.77. The fourth-order valence-corrected chi connectivity index (χ4v) is 3.73. The molecular weight excluding hydrogens is 220 g/mol. The Labute approximate surface area is 114 Å². The molecule has 18 heavy (non-hydrogen) atoms. The van der Waals surface area contributed by atoms with Crippen molar-refractivity contribution in [2.24, 2.45) is 11.8 Å². The Hall–Kier alpha value is -0.0800. The van der Waals surface area contributed by atoms with Gasteiger partial charge in [-0.3, -0.25) is 4.90 Å². The maximum Gasteiger partial charge on any atom is 0.0124 e. The molecule has 1 aliphatic carbocycles. The zero-order chi connectivity index (χ0) is 13.2. The molecule has 0 aromatic heterocycles. The van der Waals surface area contributed by atoms with Crippen LogP contribution in [0.3, 0.4) is 0 Å². The zero-order valence-corrected chi connectivity index (χ0v) is 12.8. The molecule has 1 heterocycles. The van der Waals surface area contributed by atoms with Crippen LogP contribution in [0, 0.1) is 11.8 Å². The summed E-state index contributed by atoms with van der Waals surface area (Å²) in [5.41, 5.74) is 0.256. The van der Waals surface area contributed by atoms with Crippen molar-refractivity contribution in [2.45, 2.75) is 71.4 Å². The lowest BCUT2D eigenvalue weighted by Gasteiger charge is -2.39. The molecule has 2 heteroatoms. The smallest absolute Gasteiger partial charge is 0.0124 e. The highest BCUT2D eigenvalue weighted by molar-refractivity contribution is 4.89. The molecule has 0 amide bonds. The maximum atomic E-state index is 3.64. The van der Waals surface area contributed by atoms with Crippen molar-refractivity contribution in [1.29, 1.82) is 0 Å². The van der Waals surface area contributed by atoms with Gasteiger partial charge in [-0.1, -0.05) is 13.3 Å². The van der Waals surface area contributed by atoms with E-state index in [0.717, 1.165) is 24.4 Å². The minimum atomic E-state index is 0.256. The summed E-state index contributed by atoms with van der Waals surface area (Å²) in [5.74, 6) is 1.80. The highest BCUT2D eigenvalue weighted by atomic mass is 15.2. The Morgan fingerprint density at radius 2 is 1.89 bits per heavy atom. The van der Waals surface area contributed by atoms with E-state index >= 15 is 0 Å². The van der Waals surface area contributed by atoms with Crippen LogP contribution < -0.4 is 5.32 Å². The second-order valence-corrected chi connectivity index (χ2v) is 7.63. The lowest BCUT2D eigenvalue weighted by atomic mass is 9.91. The minimum Gasteiger partial charge on any atom is -0.312 e. The van der Waals surface area contributed by atoms with E-state index in [2.05, 4.69) is 37.9 Å². The van der Waals surface area contributed by atoms with Crippen LogP contribution in [-0.2, 0) is 0 Å². The summed E-state index contributed by atoms with van der Waals surface area (Å²) in [6.45, 7) is 13.0. The first kappa shape index (κ1) is 14.3. The third kappa shape index (κ3) is 3.96. The predicted molar refractivity (Wildman–Crippen MR) is 78.9 cm³/mol. The largest absolute Gasteiger partial charge is 0.312 e. The summed E-state index contributed by atoms with van der Waals surface area (Å²) in [6.07, 6.45) is 7.36. The third-order valence-electron chi connectivity index (χ3n) is 4.64. The fourth-order valence-electron chi connectivity index (χ4n) is 3.73. The van der Waals surface area contributed by atoms with Gasteiger partial charge in [0.2, 0.25) is 0 Å². The second-order valence-electron chi connectivity index (χ2n) is 7.63. The molecule has 0 aromatic rings. The quantitative estimate of drug-likeness (QED) is 0.826. The van der Waals surface area contributed by atoms with Crippen LogP contribution in [0.1, 0.15) is 59.8 Å². The number of nitrogens with zero attached hydrogens (tertiary/aromatic N) is 1. The number of nitrogens with one attached hydrogen (secondary N) is 1. The summed E-state index contributed by atoms with van der Waals surface area (Å²) in [4.78, 5) is 2.80. The van der Waals surface area contributed by atoms with Gasteiger partial charge in [0.15, 0.2) is 0 Å². The molecule has 0 spiro atoms. The molecular formula is C16H32N2. The first-order chi connectivity index (χ1) is 8.46. The minimum absolute atomic E-state index is 0.256. The molecule has 3 unspecified atom stereocenters. The van der Waals surface area contributed by atoms with Crippen LogP contribution >= 0.6 is 0 Å². The summed E-state index contributed by atoms with van der Waals surface area (Å²) in [6, 6.07) is 0.927. The van der Waals surface area contributed by atoms with Crippen molar-refractivity contribution in [2.75, 3.05) is 19.6 Å². The van der Waals surface area contributed by atoms with Gasteiger partial charge in [0.1, 0.15) is 0 Å². The molecule has 2 nitrogen and oxygen atoms in total. The van der Waals surface area contributed by atoms with Gasteiger partial charge in [-0.25, -0.2) is 0 Å². The van der Waals surface area contributed by atoms with Crippen LogP contribution in [0.5, 0.6) is 0 Å². The van der Waals surface area contributed by atoms with E-state index in [1.807, 2.05) is 0 Å². The first-order valence-corrected chi connectivity index (χ1v) is 7.95. The number of hydrogen-bond acceptors (Lipinski definition) is 2. The van der Waals surface area contributed by atoms with Crippen molar-refractivity contribution in [3.05, 3.63) is 0 Å². The van der Waals surface area contributed by atoms with Gasteiger partial charge in [-0.05, 0) is 71.4 Å². The Morgan fingerprint density at radius 1 is 1.17 bits per heavy atom. The summed E-state index contributed by atoms with van der Waals surface area (Å²) in [7, 11) is 0. The third-order valence-corrected chi connectivity index (χ3v) is 4.64. The molecule has 2 rings (SSSR count). The first-order valence-electron chi connectivity index (χ1n) is 7.95. The number of piperidine rings is 1. The van der Waals surface area contributed by atoms with Crippen LogP contribution in [0.2, 0.25) is 0 Å². The van der Waals surface area contributed by atoms with Crippen LogP contribution in [0.15, 0.2) is 0 Å². The van der Waals surface area contributed by atoms with E-state index in [9.17, 15) is 0 Å². The van der Waals surface area contributed by atoms with E-state index in [-0.39, 0.29) is 5.54 Å². The Kier molecular flexibility index (Phi) is 4.71. The topological polar surface area (TPSA) is 15.3 Å². The SMILES string of the molecule is CC(CNC(C)(C)C)CN1CCCC2CCCC21. The van der Waals surface area contributed by atoms with Gasteiger partial charge >= 0.3 is 0 Å². The normalized spacial score (nSPS) is 31.3. The predicted octanol–water partition coefficient (Wildman–Crippen LogP) is 3.28. The number of fused-ring (bicyclic) bond motifs is 1. The molecule has 2 fully saturated rings. The van der Waals surface area contributed by atoms with Crippen molar-refractivity contribution in [3.8, 4) is 0 Å². The lowest BCUT2D eigenvalue weighted by molar-refractivity contribution is 0.0959. The second kappa shape index (κ2) is 5.92. The van der Waals surface area contributed by atoms with Crippen LogP contribution in [-0.4, -0.2) is 36.1 Å². The van der Waals surface area contributed by atoms with E-state index in [1.54, 1.807) is 0 Å². The molecule has 2 aliphatic rings. The summed E-state index contributed by atoms with van der Waals surface area (Å²) >= 11 is 0. The molecule has 1 saturated carbocycles. The monoisotopic (exact) mass is 252 g/mol. The van der Waals surface area contributed by atoms with Gasteiger partial charge in [0.05, 0.1) is 0 Å². The van der Waals surface area contributed by atoms with E-state index in [1.165, 1.54) is 45.2 Å². The molecule has 0 radical (unpaired) electrons. The van der Waals surface area contributed by atoms with Crippen molar-refractivity contribution in [1.82, 2.24) is 10.2 Å². The van der Waals surface area contributed by atoms with Crippen molar-refractivity contribution < 1.29 is 0 Å². The molecule has 1 aliphatic heterocycles. The highest BCUT2D eigenvalue weighted by Crippen LogP contribution is 2.36. The van der Waals surface area contributed by atoms with Crippen LogP contribution in [0.25, 0.3) is 0 Å². The van der Waals surface area contributed by atoms with Crippen molar-refractivity contribution in [3.63, 3.8) is 0 Å². The molecule has 0 aromatic carbocycles. The van der Waals surface area contributed by atoms with Crippen LogP contribution in [0.4, 0.5) is 0 Å². The molecule has 3 atom stereocenters. The summed E-state index contributed by atoms with van der Waals surface area (Å²) < 4.78 is 0.